The van der Waals surface area contributed by atoms with E-state index in [2.05, 4.69) is 0 Å². The zero-order valence-corrected chi connectivity index (χ0v) is 24.2. The fourth-order valence-corrected chi connectivity index (χ4v) is 3.41. The van der Waals surface area contributed by atoms with Gasteiger partial charge in [-0.2, -0.15) is 5.26 Å². The topological polar surface area (TPSA) is 85.3 Å². The van der Waals surface area contributed by atoms with Crippen LogP contribution in [0, 0.1) is 17.1 Å². The van der Waals surface area contributed by atoms with E-state index in [4.69, 9.17) is 26.8 Å². The summed E-state index contributed by atoms with van der Waals surface area (Å²) in [6, 6.07) is 19.4. The lowest BCUT2D eigenvalue weighted by atomic mass is 9.89. The second-order valence-electron chi connectivity index (χ2n) is 7.76. The van der Waals surface area contributed by atoms with Crippen molar-refractivity contribution in [2.24, 2.45) is 5.73 Å². The molecule has 3 aromatic carbocycles. The van der Waals surface area contributed by atoms with E-state index in [1.54, 1.807) is 18.2 Å². The van der Waals surface area contributed by atoms with Gasteiger partial charge < -0.3 is 20.0 Å². The molecule has 38 heavy (non-hydrogen) atoms. The molecule has 0 radical (unpaired) electrons. The van der Waals surface area contributed by atoms with Crippen LogP contribution in [-0.2, 0) is 9.53 Å². The number of methoxy groups -OCH3 is 1. The molecular formula is C31H40ClFN2O3. The number of carbonyl (C=O) groups is 1. The molecule has 5 nitrogen and oxygen atoms in total. The first-order valence-electron chi connectivity index (χ1n) is 12.7. The van der Waals surface area contributed by atoms with Crippen molar-refractivity contribution in [3.63, 3.8) is 0 Å². The molecule has 0 saturated heterocycles. The Morgan fingerprint density at radius 3 is 2.13 bits per heavy atom. The van der Waals surface area contributed by atoms with Crippen molar-refractivity contribution < 1.29 is 18.7 Å². The summed E-state index contributed by atoms with van der Waals surface area (Å²) >= 11 is 6.38. The number of nitriles is 1. The van der Waals surface area contributed by atoms with Crippen LogP contribution < -0.4 is 10.5 Å². The highest BCUT2D eigenvalue weighted by Crippen LogP contribution is 2.38. The Labute approximate surface area is 232 Å². The average molecular weight is 543 g/mol. The summed E-state index contributed by atoms with van der Waals surface area (Å²) in [5.74, 6) is -1.24. The van der Waals surface area contributed by atoms with Crippen molar-refractivity contribution in [1.82, 2.24) is 0 Å². The van der Waals surface area contributed by atoms with Gasteiger partial charge in [0.25, 0.3) is 0 Å². The fourth-order valence-electron chi connectivity index (χ4n) is 3.20. The van der Waals surface area contributed by atoms with Gasteiger partial charge in [-0.25, -0.2) is 4.39 Å². The number of rotatable bonds is 8. The van der Waals surface area contributed by atoms with Crippen LogP contribution in [0.4, 0.5) is 4.39 Å². The smallest absolute Gasteiger partial charge is 0.174 e. The van der Waals surface area contributed by atoms with Crippen LogP contribution in [0.5, 0.6) is 5.75 Å². The van der Waals surface area contributed by atoms with Crippen LogP contribution in [0.2, 0.25) is 5.02 Å². The Hall–Kier alpha value is -3.24. The molecule has 2 N–H and O–H groups in total. The van der Waals surface area contributed by atoms with Crippen molar-refractivity contribution in [1.29, 1.82) is 5.26 Å². The van der Waals surface area contributed by atoms with E-state index in [1.165, 1.54) is 19.2 Å². The fraction of sp³-hybridized carbons (Fsp3) is 0.355. The number of nitrogens with two attached hydrogens (primary N) is 1. The molecule has 1 unspecified atom stereocenters. The minimum Gasteiger partial charge on any atom is -0.488 e. The van der Waals surface area contributed by atoms with Gasteiger partial charge in [-0.05, 0) is 41.4 Å². The summed E-state index contributed by atoms with van der Waals surface area (Å²) in [7, 11) is 1.52. The van der Waals surface area contributed by atoms with Gasteiger partial charge in [0.15, 0.2) is 11.6 Å². The molecule has 3 rings (SSSR count). The molecule has 1 atom stereocenters. The lowest BCUT2D eigenvalue weighted by Crippen LogP contribution is -2.07. The van der Waals surface area contributed by atoms with Crippen LogP contribution in [0.25, 0.3) is 11.1 Å². The summed E-state index contributed by atoms with van der Waals surface area (Å²) in [5, 5.41) is 9.79. The third-order valence-electron chi connectivity index (χ3n) is 4.69. The molecule has 0 spiro atoms. The molecule has 0 aliphatic heterocycles. The second-order valence-corrected chi connectivity index (χ2v) is 8.17. The SMILES string of the molecule is CC.CC.CC(C)N.COCCOc1ccc(C#N)c(-c2cc(C(C=O)c3ccccc3)ccc2Cl)c1F. The molecule has 3 aromatic rings. The zero-order chi connectivity index (χ0) is 29.1. The molecule has 0 aliphatic rings. The maximum Gasteiger partial charge on any atom is 0.174 e. The first-order chi connectivity index (χ1) is 18.3. The summed E-state index contributed by atoms with van der Waals surface area (Å²) in [5.41, 5.74) is 7.04. The standard InChI is InChI=1S/C24H19ClFNO3.C3H9N.2C2H6/c1-29-11-12-30-22-10-8-18(14-27)23(24(22)26)19-13-17(7-9-21(19)25)20(15-28)16-5-3-2-4-6-16;1-3(2)4;2*1-2/h2-10,13,15,20H,11-12H2,1H3;3H,4H2,1-2H3;2*1-2H3. The third-order valence-corrected chi connectivity index (χ3v) is 5.02. The maximum atomic E-state index is 15.3. The number of halogens is 2. The van der Waals surface area contributed by atoms with E-state index < -0.39 is 11.7 Å². The zero-order valence-electron chi connectivity index (χ0n) is 23.4. The molecule has 0 fully saturated rings. The van der Waals surface area contributed by atoms with Crippen LogP contribution >= 0.6 is 11.6 Å². The van der Waals surface area contributed by atoms with E-state index in [0.29, 0.717) is 23.8 Å². The quantitative estimate of drug-likeness (QED) is 0.232. The van der Waals surface area contributed by atoms with Crippen LogP contribution in [0.1, 0.15) is 64.2 Å². The Bertz CT molecular complexity index is 1130. The summed E-state index contributed by atoms with van der Waals surface area (Å²) in [6.07, 6.45) is 0.828. The predicted octanol–water partition coefficient (Wildman–Crippen LogP) is 7.78. The van der Waals surface area contributed by atoms with Gasteiger partial charge in [0, 0.05) is 23.3 Å². The number of hydrogen-bond donors (Lipinski definition) is 1. The van der Waals surface area contributed by atoms with Crippen molar-refractivity contribution >= 4 is 17.9 Å². The van der Waals surface area contributed by atoms with Gasteiger partial charge in [-0.3, -0.25) is 0 Å². The Morgan fingerprint density at radius 2 is 1.61 bits per heavy atom. The maximum absolute atomic E-state index is 15.3. The van der Waals surface area contributed by atoms with Gasteiger partial charge in [-0.1, -0.05) is 89.5 Å². The second kappa shape index (κ2) is 19.8. The number of hydrogen-bond acceptors (Lipinski definition) is 5. The van der Waals surface area contributed by atoms with Gasteiger partial charge in [0.2, 0.25) is 0 Å². The Kier molecular flexibility index (Phi) is 18.1. The first-order valence-corrected chi connectivity index (χ1v) is 13.1. The van der Waals surface area contributed by atoms with Crippen LogP contribution in [0.15, 0.2) is 60.7 Å². The third kappa shape index (κ3) is 10.6. The van der Waals surface area contributed by atoms with Gasteiger partial charge >= 0.3 is 0 Å². The normalized spacial score (nSPS) is 10.4. The number of ether oxygens (including phenoxy) is 2. The molecule has 0 bridgehead atoms. The summed E-state index contributed by atoms with van der Waals surface area (Å²) in [6.45, 7) is 12.3. The van der Waals surface area contributed by atoms with E-state index in [1.807, 2.05) is 77.9 Å². The Balaban J connectivity index is 0.00000153. The largest absolute Gasteiger partial charge is 0.488 e. The van der Waals surface area contributed by atoms with Gasteiger partial charge in [0.05, 0.1) is 24.2 Å². The molecule has 0 amide bonds. The van der Waals surface area contributed by atoms with Crippen molar-refractivity contribution in [2.75, 3.05) is 20.3 Å². The molecule has 0 saturated carbocycles. The average Bonchev–Trinajstić information content (AvgIpc) is 2.93. The number of benzene rings is 3. The molecule has 0 aromatic heterocycles. The first kappa shape index (κ1) is 34.8. The summed E-state index contributed by atoms with van der Waals surface area (Å²) < 4.78 is 25.7. The molecule has 0 heterocycles. The molecular weight excluding hydrogens is 503 g/mol. The minimum absolute atomic E-state index is 0.00230. The Morgan fingerprint density at radius 1 is 1.00 bits per heavy atom. The van der Waals surface area contributed by atoms with E-state index in [0.717, 1.165) is 11.8 Å². The van der Waals surface area contributed by atoms with Crippen molar-refractivity contribution in [2.45, 2.75) is 53.5 Å². The number of nitrogens with zero attached hydrogens (tertiary/aromatic N) is 1. The predicted molar refractivity (Wildman–Crippen MR) is 155 cm³/mol. The molecule has 206 valence electrons. The highest BCUT2D eigenvalue weighted by atomic mass is 35.5. The van der Waals surface area contributed by atoms with Gasteiger partial charge in [0.1, 0.15) is 12.9 Å². The van der Waals surface area contributed by atoms with E-state index in [9.17, 15) is 10.1 Å². The van der Waals surface area contributed by atoms with Crippen molar-refractivity contribution in [3.8, 4) is 22.9 Å². The lowest BCUT2D eigenvalue weighted by Gasteiger charge is -2.16. The highest BCUT2D eigenvalue weighted by Gasteiger charge is 2.21. The lowest BCUT2D eigenvalue weighted by molar-refractivity contribution is -0.108. The number of carbonyl (C=O) groups excluding carboxylic acids is 1. The molecule has 0 aliphatic carbocycles. The van der Waals surface area contributed by atoms with E-state index in [-0.39, 0.29) is 28.5 Å². The van der Waals surface area contributed by atoms with Crippen LogP contribution in [0.3, 0.4) is 0 Å². The van der Waals surface area contributed by atoms with Crippen LogP contribution in [-0.4, -0.2) is 32.7 Å². The van der Waals surface area contributed by atoms with Crippen molar-refractivity contribution in [3.05, 3.63) is 88.2 Å². The minimum atomic E-state index is -0.688. The highest BCUT2D eigenvalue weighted by molar-refractivity contribution is 6.33. The molecule has 7 heteroatoms. The monoisotopic (exact) mass is 542 g/mol. The van der Waals surface area contributed by atoms with Gasteiger partial charge in [-0.15, -0.1) is 0 Å². The van der Waals surface area contributed by atoms with E-state index >= 15 is 4.39 Å². The number of aldehydes is 1. The summed E-state index contributed by atoms with van der Waals surface area (Å²) in [4.78, 5) is 11.8.